The molecule has 0 aliphatic rings. The highest BCUT2D eigenvalue weighted by Gasteiger charge is 2.15. The molecule has 0 unspecified atom stereocenters. The summed E-state index contributed by atoms with van der Waals surface area (Å²) in [6, 6.07) is 16.2. The van der Waals surface area contributed by atoms with E-state index in [0.717, 1.165) is 17.1 Å². The number of hydrogen-bond acceptors (Lipinski definition) is 4. The Labute approximate surface area is 161 Å². The molecule has 0 aliphatic heterocycles. The first-order valence-electron chi connectivity index (χ1n) is 8.48. The Hall–Kier alpha value is -2.31. The maximum atomic E-state index is 5.42. The summed E-state index contributed by atoms with van der Waals surface area (Å²) in [5.74, 6) is 1.70. The van der Waals surface area contributed by atoms with Gasteiger partial charge in [-0.15, -0.1) is 0 Å². The van der Waals surface area contributed by atoms with Crippen LogP contribution in [0.5, 0.6) is 11.5 Å². The summed E-state index contributed by atoms with van der Waals surface area (Å²) in [6.07, 6.45) is 0. The van der Waals surface area contributed by atoms with Gasteiger partial charge in [-0.3, -0.25) is 0 Å². The van der Waals surface area contributed by atoms with Crippen LogP contribution in [0.15, 0.2) is 48.5 Å². The average Bonchev–Trinajstić information content (AvgIpc) is 2.66. The van der Waals surface area contributed by atoms with Crippen molar-refractivity contribution in [2.75, 3.05) is 34.9 Å². The maximum absolute atomic E-state index is 5.42. The van der Waals surface area contributed by atoms with Gasteiger partial charge in [0.2, 0.25) is 0 Å². The molecule has 0 radical (unpaired) electrons. The van der Waals surface area contributed by atoms with Crippen LogP contribution in [0.2, 0.25) is 0 Å². The van der Waals surface area contributed by atoms with E-state index in [9.17, 15) is 0 Å². The third-order valence-electron chi connectivity index (χ3n) is 4.17. The molecular formula is C20H27N3O2S. The molecule has 6 heteroatoms. The molecule has 0 aromatic heterocycles. The third-order valence-corrected chi connectivity index (χ3v) is 4.46. The van der Waals surface area contributed by atoms with Crippen LogP contribution >= 0.6 is 12.2 Å². The van der Waals surface area contributed by atoms with Crippen LogP contribution in [0.1, 0.15) is 17.2 Å². The molecule has 2 rings (SSSR count). The molecule has 26 heavy (non-hydrogen) atoms. The number of likely N-dealkylation sites (N-methyl/N-ethyl adjacent to an activating group) is 1. The Morgan fingerprint density at radius 2 is 1.69 bits per heavy atom. The van der Waals surface area contributed by atoms with E-state index in [1.165, 1.54) is 5.56 Å². The minimum atomic E-state index is 0.186. The van der Waals surface area contributed by atoms with Crippen molar-refractivity contribution in [2.45, 2.75) is 12.6 Å². The van der Waals surface area contributed by atoms with Crippen LogP contribution in [-0.2, 0) is 6.54 Å². The van der Waals surface area contributed by atoms with E-state index < -0.39 is 0 Å². The van der Waals surface area contributed by atoms with Crippen molar-refractivity contribution in [3.8, 4) is 11.5 Å². The third kappa shape index (κ3) is 5.89. The SMILES string of the molecule is COc1ccc(CNC(=S)NC[C@@H](c2cccc(OC)c2)N(C)C)cc1. The van der Waals surface area contributed by atoms with Gasteiger partial charge in [-0.25, -0.2) is 0 Å². The molecule has 5 nitrogen and oxygen atoms in total. The standard InChI is InChI=1S/C20H27N3O2S/c1-23(2)19(16-6-5-7-18(12-16)25-4)14-22-20(26)21-13-15-8-10-17(24-3)11-9-15/h5-12,19H,13-14H2,1-4H3,(H2,21,22,26)/t19-/m0/s1. The maximum Gasteiger partial charge on any atom is 0.166 e. The zero-order valence-corrected chi connectivity index (χ0v) is 16.6. The quantitative estimate of drug-likeness (QED) is 0.694. The second-order valence-corrected chi connectivity index (χ2v) is 6.58. The summed E-state index contributed by atoms with van der Waals surface area (Å²) in [5, 5.41) is 7.18. The van der Waals surface area contributed by atoms with Crippen molar-refractivity contribution in [1.29, 1.82) is 0 Å². The van der Waals surface area contributed by atoms with Gasteiger partial charge in [0.25, 0.3) is 0 Å². The van der Waals surface area contributed by atoms with Crippen molar-refractivity contribution in [3.63, 3.8) is 0 Å². The molecule has 0 heterocycles. The van der Waals surface area contributed by atoms with Gasteiger partial charge in [0.05, 0.1) is 20.3 Å². The van der Waals surface area contributed by atoms with E-state index in [-0.39, 0.29) is 6.04 Å². The van der Waals surface area contributed by atoms with Crippen LogP contribution < -0.4 is 20.1 Å². The van der Waals surface area contributed by atoms with Gasteiger partial charge in [-0.2, -0.15) is 0 Å². The fourth-order valence-electron chi connectivity index (χ4n) is 2.62. The van der Waals surface area contributed by atoms with Crippen LogP contribution in [0, 0.1) is 0 Å². The summed E-state index contributed by atoms with van der Waals surface area (Å²) in [7, 11) is 7.45. The van der Waals surface area contributed by atoms with E-state index in [0.29, 0.717) is 18.2 Å². The van der Waals surface area contributed by atoms with Crippen LogP contribution in [0.4, 0.5) is 0 Å². The van der Waals surface area contributed by atoms with Gasteiger partial charge in [-0.1, -0.05) is 24.3 Å². The van der Waals surface area contributed by atoms with Crippen LogP contribution in [-0.4, -0.2) is 44.9 Å². The van der Waals surface area contributed by atoms with Crippen molar-refractivity contribution in [3.05, 3.63) is 59.7 Å². The molecule has 0 spiro atoms. The normalized spacial score (nSPS) is 11.7. The van der Waals surface area contributed by atoms with E-state index in [2.05, 4.69) is 41.8 Å². The molecule has 2 aromatic rings. The number of hydrogen-bond donors (Lipinski definition) is 2. The number of thiocarbonyl (C=S) groups is 1. The van der Waals surface area contributed by atoms with Crippen LogP contribution in [0.25, 0.3) is 0 Å². The zero-order valence-electron chi connectivity index (χ0n) is 15.8. The molecule has 1 atom stereocenters. The number of methoxy groups -OCH3 is 2. The van der Waals surface area contributed by atoms with Gasteiger partial charge in [0, 0.05) is 13.1 Å². The van der Waals surface area contributed by atoms with E-state index in [4.69, 9.17) is 21.7 Å². The summed E-state index contributed by atoms with van der Waals surface area (Å²) in [5.41, 5.74) is 2.33. The fourth-order valence-corrected chi connectivity index (χ4v) is 2.78. The lowest BCUT2D eigenvalue weighted by Gasteiger charge is -2.26. The number of nitrogens with one attached hydrogen (secondary N) is 2. The number of rotatable bonds is 8. The lowest BCUT2D eigenvalue weighted by molar-refractivity contribution is 0.297. The van der Waals surface area contributed by atoms with Crippen molar-refractivity contribution >= 4 is 17.3 Å². The Balaban J connectivity index is 1.88. The molecule has 2 aromatic carbocycles. The predicted molar refractivity (Wildman–Crippen MR) is 110 cm³/mol. The van der Waals surface area contributed by atoms with E-state index in [1.54, 1.807) is 14.2 Å². The molecular weight excluding hydrogens is 346 g/mol. The number of ether oxygens (including phenoxy) is 2. The topological polar surface area (TPSA) is 45.8 Å². The zero-order chi connectivity index (χ0) is 18.9. The first-order chi connectivity index (χ1) is 12.5. The summed E-state index contributed by atoms with van der Waals surface area (Å²) >= 11 is 5.42. The fraction of sp³-hybridized carbons (Fsp3) is 0.350. The minimum Gasteiger partial charge on any atom is -0.497 e. The highest BCUT2D eigenvalue weighted by Crippen LogP contribution is 2.22. The monoisotopic (exact) mass is 373 g/mol. The van der Waals surface area contributed by atoms with E-state index in [1.807, 2.05) is 36.4 Å². The van der Waals surface area contributed by atoms with E-state index >= 15 is 0 Å². The molecule has 0 bridgehead atoms. The summed E-state index contributed by atoms with van der Waals surface area (Å²) in [4.78, 5) is 2.16. The van der Waals surface area contributed by atoms with Gasteiger partial charge in [-0.05, 0) is 61.7 Å². The van der Waals surface area contributed by atoms with Gasteiger partial charge >= 0.3 is 0 Å². The molecule has 140 valence electrons. The highest BCUT2D eigenvalue weighted by atomic mass is 32.1. The van der Waals surface area contributed by atoms with Gasteiger partial charge < -0.3 is 25.0 Å². The molecule has 0 saturated heterocycles. The first kappa shape index (κ1) is 20.0. The van der Waals surface area contributed by atoms with Crippen LogP contribution in [0.3, 0.4) is 0 Å². The van der Waals surface area contributed by atoms with Crippen molar-refractivity contribution < 1.29 is 9.47 Å². The molecule has 0 aliphatic carbocycles. The molecule has 0 saturated carbocycles. The largest absolute Gasteiger partial charge is 0.497 e. The molecule has 2 N–H and O–H groups in total. The van der Waals surface area contributed by atoms with Crippen molar-refractivity contribution in [2.24, 2.45) is 0 Å². The summed E-state index contributed by atoms with van der Waals surface area (Å²) in [6.45, 7) is 1.37. The second-order valence-electron chi connectivity index (χ2n) is 6.17. The number of benzene rings is 2. The Bertz CT molecular complexity index is 704. The lowest BCUT2D eigenvalue weighted by atomic mass is 10.1. The molecule has 0 amide bonds. The number of nitrogens with zero attached hydrogens (tertiary/aromatic N) is 1. The average molecular weight is 374 g/mol. The predicted octanol–water partition coefficient (Wildman–Crippen LogP) is 2.97. The smallest absolute Gasteiger partial charge is 0.166 e. The highest BCUT2D eigenvalue weighted by molar-refractivity contribution is 7.80. The Kier molecular flexibility index (Phi) is 7.69. The lowest BCUT2D eigenvalue weighted by Crippen LogP contribution is -2.40. The second kappa shape index (κ2) is 9.99. The van der Waals surface area contributed by atoms with Gasteiger partial charge in [0.15, 0.2) is 5.11 Å². The first-order valence-corrected chi connectivity index (χ1v) is 8.89. The van der Waals surface area contributed by atoms with Crippen molar-refractivity contribution in [1.82, 2.24) is 15.5 Å². The Morgan fingerprint density at radius 1 is 1.00 bits per heavy atom. The Morgan fingerprint density at radius 3 is 2.31 bits per heavy atom. The van der Waals surface area contributed by atoms with Gasteiger partial charge in [0.1, 0.15) is 11.5 Å². The molecule has 0 fully saturated rings. The summed E-state index contributed by atoms with van der Waals surface area (Å²) < 4.78 is 10.5. The minimum absolute atomic E-state index is 0.186.